The molecule has 2 aromatic carbocycles. The van der Waals surface area contributed by atoms with Crippen molar-refractivity contribution in [1.29, 1.82) is 0 Å². The smallest absolute Gasteiger partial charge is 0.251 e. The van der Waals surface area contributed by atoms with Gasteiger partial charge in [-0.25, -0.2) is 4.39 Å². The SMILES string of the molecule is O=C(NCC(=O)N1CC2(CC1C(=O)NCc1cccs1)OCCO2)c1ccc(Oc2ccc(F)cc2)cc1. The first-order valence-electron chi connectivity index (χ1n) is 12.1. The maximum atomic E-state index is 13.1. The molecule has 2 fully saturated rings. The van der Waals surface area contributed by atoms with E-state index in [0.29, 0.717) is 36.8 Å². The van der Waals surface area contributed by atoms with Crippen LogP contribution >= 0.6 is 11.3 Å². The predicted octanol–water partition coefficient (Wildman–Crippen LogP) is 3.07. The Balaban J connectivity index is 1.18. The first-order chi connectivity index (χ1) is 18.4. The van der Waals surface area contributed by atoms with Gasteiger partial charge in [-0.15, -0.1) is 11.3 Å². The second kappa shape index (κ2) is 11.3. The topological polar surface area (TPSA) is 106 Å². The minimum Gasteiger partial charge on any atom is -0.457 e. The Hall–Kier alpha value is -3.80. The maximum absolute atomic E-state index is 13.1. The summed E-state index contributed by atoms with van der Waals surface area (Å²) >= 11 is 1.53. The van der Waals surface area contributed by atoms with Gasteiger partial charge in [0.1, 0.15) is 23.4 Å². The van der Waals surface area contributed by atoms with Crippen LogP contribution in [0.3, 0.4) is 0 Å². The Labute approximate surface area is 222 Å². The van der Waals surface area contributed by atoms with Gasteiger partial charge in [-0.05, 0) is 60.0 Å². The quantitative estimate of drug-likeness (QED) is 0.456. The van der Waals surface area contributed by atoms with E-state index in [0.717, 1.165) is 4.88 Å². The molecule has 38 heavy (non-hydrogen) atoms. The molecule has 11 heteroatoms. The number of rotatable bonds is 8. The van der Waals surface area contributed by atoms with Gasteiger partial charge in [-0.3, -0.25) is 14.4 Å². The van der Waals surface area contributed by atoms with Crippen LogP contribution in [0, 0.1) is 5.82 Å². The molecule has 0 radical (unpaired) electrons. The van der Waals surface area contributed by atoms with E-state index in [1.807, 2.05) is 17.5 Å². The van der Waals surface area contributed by atoms with Crippen molar-refractivity contribution in [3.8, 4) is 11.5 Å². The van der Waals surface area contributed by atoms with Gasteiger partial charge in [0.05, 0.1) is 32.8 Å². The summed E-state index contributed by atoms with van der Waals surface area (Å²) < 4.78 is 30.2. The number of carbonyl (C=O) groups is 3. The zero-order valence-corrected chi connectivity index (χ0v) is 21.2. The van der Waals surface area contributed by atoms with Crippen LogP contribution in [0.2, 0.25) is 0 Å². The van der Waals surface area contributed by atoms with E-state index in [1.54, 1.807) is 24.3 Å². The van der Waals surface area contributed by atoms with Gasteiger partial charge >= 0.3 is 0 Å². The highest BCUT2D eigenvalue weighted by atomic mass is 32.1. The molecular formula is C27H26FN3O6S. The summed E-state index contributed by atoms with van der Waals surface area (Å²) in [5, 5.41) is 7.43. The van der Waals surface area contributed by atoms with E-state index < -0.39 is 23.6 Å². The summed E-state index contributed by atoms with van der Waals surface area (Å²) in [6.07, 6.45) is 0.221. The molecule has 1 unspecified atom stereocenters. The van der Waals surface area contributed by atoms with Crippen LogP contribution in [-0.2, 0) is 25.6 Å². The summed E-state index contributed by atoms with van der Waals surface area (Å²) in [4.78, 5) is 41.2. The molecule has 2 aliphatic rings. The lowest BCUT2D eigenvalue weighted by Gasteiger charge is -2.24. The van der Waals surface area contributed by atoms with Crippen LogP contribution in [0.1, 0.15) is 21.7 Å². The van der Waals surface area contributed by atoms with Crippen molar-refractivity contribution >= 4 is 29.1 Å². The van der Waals surface area contributed by atoms with E-state index >= 15 is 0 Å². The van der Waals surface area contributed by atoms with Gasteiger partial charge in [-0.2, -0.15) is 0 Å². The molecular weight excluding hydrogens is 513 g/mol. The minimum atomic E-state index is -1.01. The van der Waals surface area contributed by atoms with Crippen molar-refractivity contribution in [1.82, 2.24) is 15.5 Å². The summed E-state index contributed by atoms with van der Waals surface area (Å²) in [6.45, 7) is 0.958. The number of likely N-dealkylation sites (tertiary alicyclic amines) is 1. The second-order valence-corrected chi connectivity index (χ2v) is 9.94. The number of benzene rings is 2. The number of ether oxygens (including phenoxy) is 3. The van der Waals surface area contributed by atoms with Gasteiger partial charge < -0.3 is 29.7 Å². The maximum Gasteiger partial charge on any atom is 0.251 e. The summed E-state index contributed by atoms with van der Waals surface area (Å²) in [5.74, 6) is -1.61. The van der Waals surface area contributed by atoms with E-state index in [9.17, 15) is 18.8 Å². The van der Waals surface area contributed by atoms with Crippen molar-refractivity contribution in [2.75, 3.05) is 26.3 Å². The molecule has 198 valence electrons. The summed E-state index contributed by atoms with van der Waals surface area (Å²) in [6, 6.07) is 15.0. The molecule has 1 atom stereocenters. The largest absolute Gasteiger partial charge is 0.457 e. The lowest BCUT2D eigenvalue weighted by molar-refractivity contribution is -0.152. The van der Waals surface area contributed by atoms with Crippen LogP contribution in [-0.4, -0.2) is 60.8 Å². The van der Waals surface area contributed by atoms with Crippen molar-refractivity contribution in [2.24, 2.45) is 0 Å². The normalized spacial score (nSPS) is 17.9. The first-order valence-corrected chi connectivity index (χ1v) is 13.0. The van der Waals surface area contributed by atoms with E-state index in [-0.39, 0.29) is 31.2 Å². The average molecular weight is 540 g/mol. The van der Waals surface area contributed by atoms with Gasteiger partial charge in [0.25, 0.3) is 5.91 Å². The van der Waals surface area contributed by atoms with Crippen molar-refractivity contribution in [3.63, 3.8) is 0 Å². The predicted molar refractivity (Wildman–Crippen MR) is 136 cm³/mol. The number of halogens is 1. The molecule has 0 saturated carbocycles. The zero-order chi connectivity index (χ0) is 26.5. The third-order valence-electron chi connectivity index (χ3n) is 6.31. The fraction of sp³-hybridized carbons (Fsp3) is 0.296. The third kappa shape index (κ3) is 6.01. The molecule has 2 saturated heterocycles. The average Bonchev–Trinajstić information content (AvgIpc) is 3.70. The molecule has 1 aromatic heterocycles. The van der Waals surface area contributed by atoms with Gasteiger partial charge in [0, 0.05) is 16.9 Å². The van der Waals surface area contributed by atoms with Crippen LogP contribution in [0.5, 0.6) is 11.5 Å². The summed E-state index contributed by atoms with van der Waals surface area (Å²) in [5.41, 5.74) is 0.329. The monoisotopic (exact) mass is 539 g/mol. The number of thiophene rings is 1. The van der Waals surface area contributed by atoms with E-state index in [1.165, 1.54) is 40.5 Å². The molecule has 0 aliphatic carbocycles. The van der Waals surface area contributed by atoms with Gasteiger partial charge in [-0.1, -0.05) is 6.07 Å². The van der Waals surface area contributed by atoms with Crippen LogP contribution in [0.25, 0.3) is 0 Å². The summed E-state index contributed by atoms with van der Waals surface area (Å²) in [7, 11) is 0. The minimum absolute atomic E-state index is 0.105. The first kappa shape index (κ1) is 25.8. The fourth-order valence-corrected chi connectivity index (χ4v) is 5.06. The Morgan fingerprint density at radius 3 is 2.34 bits per heavy atom. The molecule has 3 amide bonds. The molecule has 3 heterocycles. The van der Waals surface area contributed by atoms with Crippen molar-refractivity contribution < 1.29 is 33.0 Å². The molecule has 9 nitrogen and oxygen atoms in total. The van der Waals surface area contributed by atoms with Crippen LogP contribution in [0.15, 0.2) is 66.0 Å². The highest BCUT2D eigenvalue weighted by Gasteiger charge is 2.52. The number of amides is 3. The Kier molecular flexibility index (Phi) is 7.68. The molecule has 2 N–H and O–H groups in total. The third-order valence-corrected chi connectivity index (χ3v) is 7.19. The lowest BCUT2D eigenvalue weighted by Crippen LogP contribution is -2.49. The van der Waals surface area contributed by atoms with Crippen LogP contribution < -0.4 is 15.4 Å². The molecule has 3 aromatic rings. The van der Waals surface area contributed by atoms with E-state index in [4.69, 9.17) is 14.2 Å². The van der Waals surface area contributed by atoms with Crippen LogP contribution in [0.4, 0.5) is 4.39 Å². The highest BCUT2D eigenvalue weighted by molar-refractivity contribution is 7.09. The second-order valence-electron chi connectivity index (χ2n) is 8.91. The Morgan fingerprint density at radius 2 is 1.68 bits per heavy atom. The molecule has 1 spiro atoms. The molecule has 2 aliphatic heterocycles. The van der Waals surface area contributed by atoms with E-state index in [2.05, 4.69) is 10.6 Å². The lowest BCUT2D eigenvalue weighted by atomic mass is 10.1. The number of hydrogen-bond donors (Lipinski definition) is 2. The Bertz CT molecular complexity index is 1280. The number of carbonyl (C=O) groups excluding carboxylic acids is 3. The highest BCUT2D eigenvalue weighted by Crippen LogP contribution is 2.35. The van der Waals surface area contributed by atoms with Crippen molar-refractivity contribution in [3.05, 3.63) is 82.3 Å². The Morgan fingerprint density at radius 1 is 1.00 bits per heavy atom. The zero-order valence-electron chi connectivity index (χ0n) is 20.4. The number of nitrogens with one attached hydrogen (secondary N) is 2. The van der Waals surface area contributed by atoms with Gasteiger partial charge in [0.15, 0.2) is 5.79 Å². The molecule has 5 rings (SSSR count). The number of hydrogen-bond acceptors (Lipinski definition) is 7. The fourth-order valence-electron chi connectivity index (χ4n) is 4.42. The van der Waals surface area contributed by atoms with Crippen molar-refractivity contribution in [2.45, 2.75) is 24.8 Å². The molecule has 0 bridgehead atoms. The number of nitrogens with zero attached hydrogens (tertiary/aromatic N) is 1. The van der Waals surface area contributed by atoms with Gasteiger partial charge in [0.2, 0.25) is 11.8 Å². The standard InChI is InChI=1S/C27H26FN3O6S/c28-19-5-9-21(10-6-19)37-20-7-3-18(4-8-20)25(33)30-16-24(32)31-17-27(35-11-12-36-27)14-23(31)26(34)29-15-22-2-1-13-38-22/h1-10,13,23H,11-12,14-17H2,(H,29,34)(H,30,33).